The summed E-state index contributed by atoms with van der Waals surface area (Å²) in [6.07, 6.45) is 3.13. The van der Waals surface area contributed by atoms with E-state index in [4.69, 9.17) is 0 Å². The van der Waals surface area contributed by atoms with Crippen molar-refractivity contribution in [3.8, 4) is 0 Å². The Labute approximate surface area is 109 Å². The molecule has 1 amide bonds. The van der Waals surface area contributed by atoms with Gasteiger partial charge in [-0.15, -0.1) is 0 Å². The molecule has 18 heavy (non-hydrogen) atoms. The number of nitrogens with one attached hydrogen (secondary N) is 1. The highest BCUT2D eigenvalue weighted by molar-refractivity contribution is 5.81. The van der Waals surface area contributed by atoms with Crippen LogP contribution in [0.3, 0.4) is 0 Å². The van der Waals surface area contributed by atoms with E-state index in [0.717, 1.165) is 25.8 Å². The van der Waals surface area contributed by atoms with Crippen LogP contribution < -0.4 is 5.32 Å². The lowest BCUT2D eigenvalue weighted by molar-refractivity contribution is -0.132. The lowest BCUT2D eigenvalue weighted by Crippen LogP contribution is -2.41. The molecule has 98 valence electrons. The number of carbonyl (C=O) groups excluding carboxylic acids is 1. The third-order valence-electron chi connectivity index (χ3n) is 3.59. The largest absolute Gasteiger partial charge is 0.340 e. The molecular formula is C15H22N2O. The minimum Gasteiger partial charge on any atom is -0.340 e. The summed E-state index contributed by atoms with van der Waals surface area (Å²) >= 11 is 0. The fourth-order valence-electron chi connectivity index (χ4n) is 2.39. The van der Waals surface area contributed by atoms with Crippen molar-refractivity contribution in [1.82, 2.24) is 10.2 Å². The predicted molar refractivity (Wildman–Crippen MR) is 73.3 cm³/mol. The van der Waals surface area contributed by atoms with Gasteiger partial charge in [0.05, 0.1) is 6.04 Å². The molecule has 1 aromatic carbocycles. The Morgan fingerprint density at radius 1 is 1.33 bits per heavy atom. The number of benzene rings is 1. The van der Waals surface area contributed by atoms with Gasteiger partial charge in [-0.3, -0.25) is 4.79 Å². The summed E-state index contributed by atoms with van der Waals surface area (Å²) in [5, 5.41) is 3.25. The number of aryl methyl sites for hydroxylation is 1. The average Bonchev–Trinajstić information content (AvgIpc) is 2.92. The minimum absolute atomic E-state index is 0.0323. The summed E-state index contributed by atoms with van der Waals surface area (Å²) in [7, 11) is 1.88. The first kappa shape index (κ1) is 13.1. The van der Waals surface area contributed by atoms with Crippen molar-refractivity contribution in [3.63, 3.8) is 0 Å². The third-order valence-corrected chi connectivity index (χ3v) is 3.59. The lowest BCUT2D eigenvalue weighted by Gasteiger charge is -2.21. The van der Waals surface area contributed by atoms with Crippen molar-refractivity contribution in [3.05, 3.63) is 35.4 Å². The van der Waals surface area contributed by atoms with E-state index in [2.05, 4.69) is 36.5 Å². The Balaban J connectivity index is 1.92. The highest BCUT2D eigenvalue weighted by Crippen LogP contribution is 2.11. The molecule has 1 aromatic rings. The third kappa shape index (κ3) is 3.10. The van der Waals surface area contributed by atoms with E-state index in [1.807, 2.05) is 11.9 Å². The number of likely N-dealkylation sites (N-methyl/N-ethyl adjacent to an activating group) is 1. The molecule has 0 unspecified atom stereocenters. The second-order valence-electron chi connectivity index (χ2n) is 5.01. The van der Waals surface area contributed by atoms with Gasteiger partial charge < -0.3 is 10.2 Å². The fourth-order valence-corrected chi connectivity index (χ4v) is 2.39. The molecule has 2 rings (SSSR count). The van der Waals surface area contributed by atoms with E-state index < -0.39 is 0 Å². The van der Waals surface area contributed by atoms with E-state index in [1.165, 1.54) is 11.1 Å². The summed E-state index contributed by atoms with van der Waals surface area (Å²) in [6.45, 7) is 3.81. The summed E-state index contributed by atoms with van der Waals surface area (Å²) in [5.41, 5.74) is 2.53. The minimum atomic E-state index is 0.0323. The molecule has 1 atom stereocenters. The van der Waals surface area contributed by atoms with E-state index in [-0.39, 0.29) is 11.9 Å². The molecule has 0 aromatic heterocycles. The van der Waals surface area contributed by atoms with Crippen LogP contribution >= 0.6 is 0 Å². The Morgan fingerprint density at radius 2 is 2.00 bits per heavy atom. The van der Waals surface area contributed by atoms with Crippen molar-refractivity contribution >= 4 is 5.91 Å². The summed E-state index contributed by atoms with van der Waals surface area (Å²) in [5.74, 6) is 0.215. The maximum Gasteiger partial charge on any atom is 0.239 e. The van der Waals surface area contributed by atoms with Gasteiger partial charge >= 0.3 is 0 Å². The average molecular weight is 246 g/mol. The maximum atomic E-state index is 12.1. The maximum absolute atomic E-state index is 12.1. The van der Waals surface area contributed by atoms with E-state index in [9.17, 15) is 4.79 Å². The molecule has 1 fully saturated rings. The first-order chi connectivity index (χ1) is 8.70. The second kappa shape index (κ2) is 6.01. The normalized spacial score (nSPS) is 18.9. The van der Waals surface area contributed by atoms with Crippen LogP contribution in [-0.4, -0.2) is 30.4 Å². The summed E-state index contributed by atoms with van der Waals surface area (Å²) in [4.78, 5) is 14.0. The zero-order chi connectivity index (χ0) is 13.0. The Bertz CT molecular complexity index is 393. The van der Waals surface area contributed by atoms with Crippen molar-refractivity contribution in [1.29, 1.82) is 0 Å². The van der Waals surface area contributed by atoms with Gasteiger partial charge in [-0.25, -0.2) is 0 Å². The number of hydrogen-bond donors (Lipinski definition) is 1. The number of nitrogens with zero attached hydrogens (tertiary/aromatic N) is 1. The molecular weight excluding hydrogens is 224 g/mol. The monoisotopic (exact) mass is 246 g/mol. The molecule has 1 saturated heterocycles. The molecule has 3 nitrogen and oxygen atoms in total. The Hall–Kier alpha value is -1.35. The molecule has 1 N–H and O–H groups in total. The van der Waals surface area contributed by atoms with Crippen LogP contribution in [0.4, 0.5) is 0 Å². The summed E-state index contributed by atoms with van der Waals surface area (Å²) in [6, 6.07) is 8.54. The van der Waals surface area contributed by atoms with Gasteiger partial charge in [-0.2, -0.15) is 0 Å². The van der Waals surface area contributed by atoms with Crippen molar-refractivity contribution in [2.45, 2.75) is 38.8 Å². The van der Waals surface area contributed by atoms with Gasteiger partial charge in [0.2, 0.25) is 5.91 Å². The smallest absolute Gasteiger partial charge is 0.239 e. The van der Waals surface area contributed by atoms with Gasteiger partial charge in [0.1, 0.15) is 0 Å². The molecule has 0 radical (unpaired) electrons. The zero-order valence-electron chi connectivity index (χ0n) is 11.3. The highest BCUT2D eigenvalue weighted by atomic mass is 16.2. The van der Waals surface area contributed by atoms with Crippen molar-refractivity contribution in [2.24, 2.45) is 0 Å². The van der Waals surface area contributed by atoms with Crippen LogP contribution in [-0.2, 0) is 17.8 Å². The number of hydrogen-bond acceptors (Lipinski definition) is 2. The standard InChI is InChI=1S/C15H22N2O/c1-3-12-6-8-13(9-7-12)11-17(2)15(18)14-5-4-10-16-14/h6-9,14,16H,3-5,10-11H2,1-2H3/t14-/m0/s1. The van der Waals surface area contributed by atoms with E-state index in [0.29, 0.717) is 6.54 Å². The van der Waals surface area contributed by atoms with Crippen LogP contribution in [0.1, 0.15) is 30.9 Å². The summed E-state index contributed by atoms with van der Waals surface area (Å²) < 4.78 is 0. The second-order valence-corrected chi connectivity index (χ2v) is 5.01. The van der Waals surface area contributed by atoms with E-state index in [1.54, 1.807) is 0 Å². The molecule has 0 aliphatic carbocycles. The molecule has 0 spiro atoms. The van der Waals surface area contributed by atoms with Crippen LogP contribution in [0.25, 0.3) is 0 Å². The van der Waals surface area contributed by atoms with Crippen LogP contribution in [0.15, 0.2) is 24.3 Å². The van der Waals surface area contributed by atoms with Gasteiger partial charge in [-0.1, -0.05) is 31.2 Å². The number of carbonyl (C=O) groups is 1. The zero-order valence-corrected chi connectivity index (χ0v) is 11.3. The lowest BCUT2D eigenvalue weighted by atomic mass is 10.1. The van der Waals surface area contributed by atoms with Crippen LogP contribution in [0.5, 0.6) is 0 Å². The molecule has 1 heterocycles. The van der Waals surface area contributed by atoms with Gasteiger partial charge in [-0.05, 0) is 36.9 Å². The van der Waals surface area contributed by atoms with E-state index >= 15 is 0 Å². The topological polar surface area (TPSA) is 32.3 Å². The first-order valence-electron chi connectivity index (χ1n) is 6.77. The Kier molecular flexibility index (Phi) is 4.37. The first-order valence-corrected chi connectivity index (χ1v) is 6.77. The molecule has 3 heteroatoms. The molecule has 0 bridgehead atoms. The Morgan fingerprint density at radius 3 is 2.56 bits per heavy atom. The van der Waals surface area contributed by atoms with Gasteiger partial charge in [0, 0.05) is 13.6 Å². The highest BCUT2D eigenvalue weighted by Gasteiger charge is 2.24. The molecule has 0 saturated carbocycles. The molecule has 1 aliphatic rings. The van der Waals surface area contributed by atoms with Crippen LogP contribution in [0, 0.1) is 0 Å². The number of amides is 1. The number of rotatable bonds is 4. The molecule has 1 aliphatic heterocycles. The quantitative estimate of drug-likeness (QED) is 0.881. The van der Waals surface area contributed by atoms with Crippen LogP contribution in [0.2, 0.25) is 0 Å². The van der Waals surface area contributed by atoms with Crippen molar-refractivity contribution in [2.75, 3.05) is 13.6 Å². The van der Waals surface area contributed by atoms with Gasteiger partial charge in [0.25, 0.3) is 0 Å². The fraction of sp³-hybridized carbons (Fsp3) is 0.533. The predicted octanol–water partition coefficient (Wildman–Crippen LogP) is 1.96. The SMILES string of the molecule is CCc1ccc(CN(C)C(=O)[C@@H]2CCCN2)cc1. The van der Waals surface area contributed by atoms with Gasteiger partial charge in [0.15, 0.2) is 0 Å². The van der Waals surface area contributed by atoms with Crippen molar-refractivity contribution < 1.29 is 4.79 Å².